The summed E-state index contributed by atoms with van der Waals surface area (Å²) < 4.78 is 5.90. The minimum absolute atomic E-state index is 0.455. The number of ether oxygens (including phenoxy) is 1. The average molecular weight is 166 g/mol. The van der Waals surface area contributed by atoms with E-state index in [0.717, 1.165) is 6.42 Å². The highest BCUT2D eigenvalue weighted by Crippen LogP contribution is 2.34. The molecule has 0 spiro atoms. The Bertz CT molecular complexity index is 205. The van der Waals surface area contributed by atoms with Crippen LogP contribution in [0.2, 0.25) is 0 Å². The summed E-state index contributed by atoms with van der Waals surface area (Å²) in [6.07, 6.45) is 7.39. The Morgan fingerprint density at radius 3 is 3.00 bits per heavy atom. The van der Waals surface area contributed by atoms with E-state index in [0.29, 0.717) is 12.2 Å². The second-order valence-corrected chi connectivity index (χ2v) is 4.19. The lowest BCUT2D eigenvalue weighted by molar-refractivity contribution is -0.00629. The molecule has 0 saturated heterocycles. The normalized spacial score (nSPS) is 36.5. The lowest BCUT2D eigenvalue weighted by Crippen LogP contribution is -2.30. The van der Waals surface area contributed by atoms with Crippen LogP contribution < -0.4 is 0 Å². The molecule has 1 saturated carbocycles. The minimum Gasteiger partial charge on any atom is -0.371 e. The predicted octanol–water partition coefficient (Wildman–Crippen LogP) is 3.05. The highest BCUT2D eigenvalue weighted by atomic mass is 16.5. The zero-order valence-electron chi connectivity index (χ0n) is 8.10. The van der Waals surface area contributed by atoms with Gasteiger partial charge in [-0.2, -0.15) is 0 Å². The van der Waals surface area contributed by atoms with Gasteiger partial charge in [0.25, 0.3) is 0 Å². The molecule has 2 aliphatic rings. The van der Waals surface area contributed by atoms with Gasteiger partial charge in [-0.15, -0.1) is 0 Å². The van der Waals surface area contributed by atoms with Crippen molar-refractivity contribution in [2.75, 3.05) is 0 Å². The Balaban J connectivity index is 2.19. The van der Waals surface area contributed by atoms with Crippen LogP contribution in [0.25, 0.3) is 0 Å². The van der Waals surface area contributed by atoms with Crippen LogP contribution in [-0.4, -0.2) is 12.2 Å². The van der Waals surface area contributed by atoms with E-state index >= 15 is 0 Å². The lowest BCUT2D eigenvalue weighted by atomic mass is 9.85. The summed E-state index contributed by atoms with van der Waals surface area (Å²) in [6.45, 7) is 4.47. The zero-order chi connectivity index (χ0) is 8.55. The molecule has 2 unspecified atom stereocenters. The number of hydrogen-bond donors (Lipinski definition) is 0. The van der Waals surface area contributed by atoms with E-state index in [9.17, 15) is 0 Å². The van der Waals surface area contributed by atoms with Crippen molar-refractivity contribution in [1.29, 1.82) is 0 Å². The summed E-state index contributed by atoms with van der Waals surface area (Å²) >= 11 is 0. The molecule has 0 N–H and O–H groups in total. The van der Waals surface area contributed by atoms with E-state index in [4.69, 9.17) is 4.74 Å². The van der Waals surface area contributed by atoms with E-state index in [1.54, 1.807) is 11.1 Å². The van der Waals surface area contributed by atoms with Crippen molar-refractivity contribution in [1.82, 2.24) is 0 Å². The minimum atomic E-state index is 0.455. The molecule has 0 amide bonds. The van der Waals surface area contributed by atoms with Crippen LogP contribution in [0.3, 0.4) is 0 Å². The Labute approximate surface area is 74.8 Å². The fourth-order valence-electron chi connectivity index (χ4n) is 2.51. The van der Waals surface area contributed by atoms with E-state index in [1.165, 1.54) is 25.7 Å². The molecule has 0 bridgehead atoms. The van der Waals surface area contributed by atoms with Gasteiger partial charge in [0.15, 0.2) is 0 Å². The average Bonchev–Trinajstić information content (AvgIpc) is 2.04. The fourth-order valence-corrected chi connectivity index (χ4v) is 2.51. The molecule has 0 aromatic heterocycles. The first-order chi connectivity index (χ1) is 5.77. The standard InChI is InChI=1S/C11H18O/c1-8-7-9(2)12-11-6-4-3-5-10(8)11/h9,11H,3-7H2,1-2H3. The van der Waals surface area contributed by atoms with Gasteiger partial charge in [0.05, 0.1) is 12.2 Å². The summed E-state index contributed by atoms with van der Waals surface area (Å²) in [5, 5.41) is 0. The number of fused-ring (bicyclic) bond motifs is 1. The first kappa shape index (κ1) is 8.31. The molecule has 68 valence electrons. The molecule has 1 aliphatic carbocycles. The maximum atomic E-state index is 5.90. The van der Waals surface area contributed by atoms with Gasteiger partial charge < -0.3 is 4.74 Å². The maximum Gasteiger partial charge on any atom is 0.0791 e. The molecular weight excluding hydrogens is 148 g/mol. The van der Waals surface area contributed by atoms with Gasteiger partial charge in [0.2, 0.25) is 0 Å². The second-order valence-electron chi connectivity index (χ2n) is 4.19. The summed E-state index contributed by atoms with van der Waals surface area (Å²) in [7, 11) is 0. The largest absolute Gasteiger partial charge is 0.371 e. The lowest BCUT2D eigenvalue weighted by Gasteiger charge is -2.35. The van der Waals surface area contributed by atoms with Crippen LogP contribution in [0.15, 0.2) is 11.1 Å². The Kier molecular flexibility index (Phi) is 2.22. The molecule has 12 heavy (non-hydrogen) atoms. The second kappa shape index (κ2) is 3.21. The third-order valence-electron chi connectivity index (χ3n) is 3.09. The van der Waals surface area contributed by atoms with Gasteiger partial charge in [-0.1, -0.05) is 12.0 Å². The van der Waals surface area contributed by atoms with Crippen molar-refractivity contribution < 1.29 is 4.74 Å². The maximum absolute atomic E-state index is 5.90. The molecule has 0 radical (unpaired) electrons. The molecule has 0 aromatic carbocycles. The van der Waals surface area contributed by atoms with Crippen molar-refractivity contribution in [2.24, 2.45) is 0 Å². The monoisotopic (exact) mass is 166 g/mol. The van der Waals surface area contributed by atoms with Crippen LogP contribution >= 0.6 is 0 Å². The number of rotatable bonds is 0. The predicted molar refractivity (Wildman–Crippen MR) is 50.1 cm³/mol. The fraction of sp³-hybridized carbons (Fsp3) is 0.818. The topological polar surface area (TPSA) is 9.23 Å². The van der Waals surface area contributed by atoms with Gasteiger partial charge in [-0.3, -0.25) is 0 Å². The third kappa shape index (κ3) is 1.42. The Morgan fingerprint density at radius 2 is 2.17 bits per heavy atom. The smallest absolute Gasteiger partial charge is 0.0791 e. The zero-order valence-corrected chi connectivity index (χ0v) is 8.10. The van der Waals surface area contributed by atoms with E-state index in [1.807, 2.05) is 0 Å². The van der Waals surface area contributed by atoms with E-state index in [2.05, 4.69) is 13.8 Å². The molecule has 1 fully saturated rings. The first-order valence-corrected chi connectivity index (χ1v) is 5.11. The molecule has 2 atom stereocenters. The number of hydrogen-bond acceptors (Lipinski definition) is 1. The first-order valence-electron chi connectivity index (χ1n) is 5.11. The molecule has 1 nitrogen and oxygen atoms in total. The van der Waals surface area contributed by atoms with Gasteiger partial charge in [-0.25, -0.2) is 0 Å². The molecule has 1 aliphatic heterocycles. The van der Waals surface area contributed by atoms with Gasteiger partial charge in [-0.05, 0) is 45.1 Å². The van der Waals surface area contributed by atoms with Crippen molar-refractivity contribution in [3.05, 3.63) is 11.1 Å². The van der Waals surface area contributed by atoms with Crippen molar-refractivity contribution in [2.45, 2.75) is 58.2 Å². The molecule has 0 aromatic rings. The summed E-state index contributed by atoms with van der Waals surface area (Å²) in [5.41, 5.74) is 3.23. The Hall–Kier alpha value is -0.300. The summed E-state index contributed by atoms with van der Waals surface area (Å²) in [5.74, 6) is 0. The van der Waals surface area contributed by atoms with Crippen LogP contribution in [0, 0.1) is 0 Å². The summed E-state index contributed by atoms with van der Waals surface area (Å²) in [6, 6.07) is 0. The third-order valence-corrected chi connectivity index (χ3v) is 3.09. The highest BCUT2D eigenvalue weighted by Gasteiger charge is 2.27. The Morgan fingerprint density at radius 1 is 1.33 bits per heavy atom. The molecule has 1 heterocycles. The summed E-state index contributed by atoms with van der Waals surface area (Å²) in [4.78, 5) is 0. The van der Waals surface area contributed by atoms with Crippen LogP contribution in [0.5, 0.6) is 0 Å². The van der Waals surface area contributed by atoms with Crippen LogP contribution in [-0.2, 0) is 4.74 Å². The molecule has 1 heteroatoms. The SMILES string of the molecule is CC1=C2CCCCC2OC(C)C1. The van der Waals surface area contributed by atoms with Crippen molar-refractivity contribution >= 4 is 0 Å². The van der Waals surface area contributed by atoms with Crippen LogP contribution in [0.1, 0.15) is 46.0 Å². The van der Waals surface area contributed by atoms with Gasteiger partial charge in [0.1, 0.15) is 0 Å². The highest BCUT2D eigenvalue weighted by molar-refractivity contribution is 5.21. The molecule has 2 rings (SSSR count). The van der Waals surface area contributed by atoms with Gasteiger partial charge >= 0.3 is 0 Å². The van der Waals surface area contributed by atoms with Crippen LogP contribution in [0.4, 0.5) is 0 Å². The van der Waals surface area contributed by atoms with E-state index < -0.39 is 0 Å². The van der Waals surface area contributed by atoms with Crippen molar-refractivity contribution in [3.8, 4) is 0 Å². The van der Waals surface area contributed by atoms with Gasteiger partial charge in [0, 0.05) is 0 Å². The molecular formula is C11H18O. The quantitative estimate of drug-likeness (QED) is 0.502. The van der Waals surface area contributed by atoms with Crippen molar-refractivity contribution in [3.63, 3.8) is 0 Å². The van der Waals surface area contributed by atoms with E-state index in [-0.39, 0.29) is 0 Å².